The fourth-order valence-corrected chi connectivity index (χ4v) is 3.90. The molecule has 1 amide bonds. The van der Waals surface area contributed by atoms with Crippen LogP contribution < -0.4 is 5.32 Å². The fourth-order valence-electron chi connectivity index (χ4n) is 3.90. The Hall–Kier alpha value is -2.35. The molecule has 0 radical (unpaired) electrons. The lowest BCUT2D eigenvalue weighted by Gasteiger charge is -2.36. The van der Waals surface area contributed by atoms with Crippen LogP contribution in [0.4, 0.5) is 5.69 Å². The molecule has 0 saturated heterocycles. The Morgan fingerprint density at radius 2 is 1.72 bits per heavy atom. The number of carbonyl (C=O) groups excluding carboxylic acids is 1. The summed E-state index contributed by atoms with van der Waals surface area (Å²) in [5.74, 6) is 0.0596. The molecule has 2 aromatic rings. The van der Waals surface area contributed by atoms with Gasteiger partial charge in [-0.15, -0.1) is 0 Å². The van der Waals surface area contributed by atoms with Crippen molar-refractivity contribution in [3.05, 3.63) is 65.7 Å². The average Bonchev–Trinajstić information content (AvgIpc) is 2.62. The monoisotopic (exact) mass is 333 g/mol. The minimum atomic E-state index is 0.0596. The summed E-state index contributed by atoms with van der Waals surface area (Å²) in [5, 5.41) is 3.08. The molecule has 0 aliphatic heterocycles. The summed E-state index contributed by atoms with van der Waals surface area (Å²) >= 11 is 0. The zero-order valence-corrected chi connectivity index (χ0v) is 15.4. The number of rotatable bonds is 4. The largest absolute Gasteiger partial charge is 0.326 e. The van der Waals surface area contributed by atoms with E-state index in [2.05, 4.69) is 61.6 Å². The SMILES string of the molecule is CCC(=O)Nc1ccccc1C1=C(c2ccccc2)C(C)(C)CCC1. The topological polar surface area (TPSA) is 29.1 Å². The first-order valence-corrected chi connectivity index (χ1v) is 9.21. The average molecular weight is 333 g/mol. The first-order valence-electron chi connectivity index (χ1n) is 9.21. The van der Waals surface area contributed by atoms with E-state index >= 15 is 0 Å². The van der Waals surface area contributed by atoms with Crippen LogP contribution in [-0.4, -0.2) is 5.91 Å². The Labute approximate surface area is 151 Å². The van der Waals surface area contributed by atoms with Crippen LogP contribution >= 0.6 is 0 Å². The van der Waals surface area contributed by atoms with Crippen molar-refractivity contribution in [3.8, 4) is 0 Å². The first kappa shape index (κ1) is 17.5. The lowest BCUT2D eigenvalue weighted by atomic mass is 9.68. The molecule has 0 saturated carbocycles. The Morgan fingerprint density at radius 3 is 2.44 bits per heavy atom. The molecule has 1 N–H and O–H groups in total. The summed E-state index contributed by atoms with van der Waals surface area (Å²) in [6, 6.07) is 18.9. The van der Waals surface area contributed by atoms with Crippen LogP contribution in [0, 0.1) is 5.41 Å². The third-order valence-electron chi connectivity index (χ3n) is 5.12. The highest BCUT2D eigenvalue weighted by Crippen LogP contribution is 2.50. The van der Waals surface area contributed by atoms with Crippen molar-refractivity contribution in [3.63, 3.8) is 0 Å². The smallest absolute Gasteiger partial charge is 0.224 e. The van der Waals surface area contributed by atoms with Crippen molar-refractivity contribution >= 4 is 22.7 Å². The van der Waals surface area contributed by atoms with E-state index < -0.39 is 0 Å². The van der Waals surface area contributed by atoms with Crippen molar-refractivity contribution in [1.82, 2.24) is 0 Å². The van der Waals surface area contributed by atoms with Crippen molar-refractivity contribution in [1.29, 1.82) is 0 Å². The molecule has 3 rings (SSSR count). The van der Waals surface area contributed by atoms with E-state index in [-0.39, 0.29) is 11.3 Å². The lowest BCUT2D eigenvalue weighted by molar-refractivity contribution is -0.115. The molecule has 0 fully saturated rings. The van der Waals surface area contributed by atoms with Gasteiger partial charge in [-0.05, 0) is 47.5 Å². The normalized spacial score (nSPS) is 16.6. The van der Waals surface area contributed by atoms with Crippen LogP contribution in [-0.2, 0) is 4.79 Å². The van der Waals surface area contributed by atoms with Gasteiger partial charge in [-0.3, -0.25) is 4.79 Å². The van der Waals surface area contributed by atoms with Gasteiger partial charge in [0.1, 0.15) is 0 Å². The molecule has 0 aromatic heterocycles. The van der Waals surface area contributed by atoms with Gasteiger partial charge in [-0.25, -0.2) is 0 Å². The summed E-state index contributed by atoms with van der Waals surface area (Å²) < 4.78 is 0. The van der Waals surface area contributed by atoms with Crippen molar-refractivity contribution < 1.29 is 4.79 Å². The number of benzene rings is 2. The van der Waals surface area contributed by atoms with Crippen LogP contribution in [0.1, 0.15) is 57.6 Å². The van der Waals surface area contributed by atoms with Gasteiger partial charge in [0.25, 0.3) is 0 Å². The Bertz CT molecular complexity index is 787. The van der Waals surface area contributed by atoms with Crippen molar-refractivity contribution in [2.75, 3.05) is 5.32 Å². The molecule has 0 bridgehead atoms. The molecule has 1 aliphatic carbocycles. The van der Waals surface area contributed by atoms with E-state index in [1.54, 1.807) is 0 Å². The second-order valence-electron chi connectivity index (χ2n) is 7.40. The van der Waals surface area contributed by atoms with E-state index in [1.807, 2.05) is 19.1 Å². The number of nitrogens with one attached hydrogen (secondary N) is 1. The molecule has 1 aliphatic rings. The third-order valence-corrected chi connectivity index (χ3v) is 5.12. The number of allylic oxidation sites excluding steroid dienone is 2. The van der Waals surface area contributed by atoms with Crippen LogP contribution in [0.2, 0.25) is 0 Å². The predicted octanol–water partition coefficient (Wildman–Crippen LogP) is 6.16. The predicted molar refractivity (Wildman–Crippen MR) is 106 cm³/mol. The van der Waals surface area contributed by atoms with Crippen LogP contribution in [0.15, 0.2) is 54.6 Å². The molecule has 25 heavy (non-hydrogen) atoms. The van der Waals surface area contributed by atoms with Crippen LogP contribution in [0.3, 0.4) is 0 Å². The van der Waals surface area contributed by atoms with E-state index in [0.29, 0.717) is 6.42 Å². The molecular formula is C23H27NO. The Balaban J connectivity index is 2.19. The van der Waals surface area contributed by atoms with Gasteiger partial charge in [-0.1, -0.05) is 69.3 Å². The second-order valence-corrected chi connectivity index (χ2v) is 7.40. The summed E-state index contributed by atoms with van der Waals surface area (Å²) in [6.45, 7) is 6.56. The number of hydrogen-bond donors (Lipinski definition) is 1. The maximum Gasteiger partial charge on any atom is 0.224 e. The van der Waals surface area contributed by atoms with Gasteiger partial charge in [0.05, 0.1) is 0 Å². The van der Waals surface area contributed by atoms with Crippen molar-refractivity contribution in [2.45, 2.75) is 46.5 Å². The maximum absolute atomic E-state index is 12.0. The molecule has 130 valence electrons. The number of carbonyl (C=O) groups is 1. The zero-order valence-electron chi connectivity index (χ0n) is 15.4. The lowest BCUT2D eigenvalue weighted by Crippen LogP contribution is -2.20. The summed E-state index contributed by atoms with van der Waals surface area (Å²) in [7, 11) is 0. The van der Waals surface area contributed by atoms with Crippen LogP contribution in [0.5, 0.6) is 0 Å². The Kier molecular flexibility index (Phi) is 5.08. The van der Waals surface area contributed by atoms with E-state index in [0.717, 1.165) is 17.7 Å². The van der Waals surface area contributed by atoms with Crippen LogP contribution in [0.25, 0.3) is 11.1 Å². The number of hydrogen-bond acceptors (Lipinski definition) is 1. The van der Waals surface area contributed by atoms with Crippen molar-refractivity contribution in [2.24, 2.45) is 5.41 Å². The minimum Gasteiger partial charge on any atom is -0.326 e. The van der Waals surface area contributed by atoms with Gasteiger partial charge in [0.2, 0.25) is 5.91 Å². The van der Waals surface area contributed by atoms with E-state index in [9.17, 15) is 4.79 Å². The minimum absolute atomic E-state index is 0.0596. The number of anilines is 1. The second kappa shape index (κ2) is 7.26. The number of para-hydroxylation sites is 1. The molecule has 2 aromatic carbocycles. The molecule has 2 nitrogen and oxygen atoms in total. The third kappa shape index (κ3) is 3.68. The van der Waals surface area contributed by atoms with Gasteiger partial charge in [-0.2, -0.15) is 0 Å². The molecule has 0 atom stereocenters. The fraction of sp³-hybridized carbons (Fsp3) is 0.348. The summed E-state index contributed by atoms with van der Waals surface area (Å²) in [4.78, 5) is 12.0. The van der Waals surface area contributed by atoms with Gasteiger partial charge >= 0.3 is 0 Å². The summed E-state index contributed by atoms with van der Waals surface area (Å²) in [5.41, 5.74) is 6.29. The Morgan fingerprint density at radius 1 is 1.04 bits per heavy atom. The number of amides is 1. The zero-order chi connectivity index (χ0) is 17.9. The van der Waals surface area contributed by atoms with E-state index in [4.69, 9.17) is 0 Å². The summed E-state index contributed by atoms with van der Waals surface area (Å²) in [6.07, 6.45) is 3.90. The van der Waals surface area contributed by atoms with E-state index in [1.165, 1.54) is 29.6 Å². The maximum atomic E-state index is 12.0. The standard InChI is InChI=1S/C23H27NO/c1-4-21(25)24-20-15-9-8-13-18(20)19-14-10-16-23(2,3)22(19)17-11-6-5-7-12-17/h5-9,11-13,15H,4,10,14,16H2,1-3H3,(H,24,25). The van der Waals surface area contributed by atoms with Gasteiger partial charge < -0.3 is 5.32 Å². The quantitative estimate of drug-likeness (QED) is 0.713. The van der Waals surface area contributed by atoms with Gasteiger partial charge in [0, 0.05) is 17.7 Å². The highest BCUT2D eigenvalue weighted by atomic mass is 16.1. The molecule has 0 heterocycles. The highest BCUT2D eigenvalue weighted by molar-refractivity contribution is 6.00. The first-order chi connectivity index (χ1) is 12.0. The van der Waals surface area contributed by atoms with Gasteiger partial charge in [0.15, 0.2) is 0 Å². The molecular weight excluding hydrogens is 306 g/mol. The molecule has 0 unspecified atom stereocenters. The molecule has 0 spiro atoms. The highest BCUT2D eigenvalue weighted by Gasteiger charge is 2.32. The molecule has 2 heteroatoms.